The number of hydrogen-bond acceptors (Lipinski definition) is 4. The fourth-order valence-electron chi connectivity index (χ4n) is 3.41. The molecule has 25 heavy (non-hydrogen) atoms. The number of ketones is 1. The summed E-state index contributed by atoms with van der Waals surface area (Å²) in [5.74, 6) is -0.665. The third-order valence-electron chi connectivity index (χ3n) is 4.87. The van der Waals surface area contributed by atoms with Crippen molar-refractivity contribution < 1.29 is 14.7 Å². The minimum atomic E-state index is -0.909. The van der Waals surface area contributed by atoms with Gasteiger partial charge in [-0.25, -0.2) is 0 Å². The van der Waals surface area contributed by atoms with E-state index in [-0.39, 0.29) is 23.5 Å². The van der Waals surface area contributed by atoms with Crippen LogP contribution in [-0.2, 0) is 9.59 Å². The molecule has 1 aliphatic rings. The van der Waals surface area contributed by atoms with Crippen molar-refractivity contribution in [2.75, 3.05) is 0 Å². The lowest BCUT2D eigenvalue weighted by atomic mass is 9.92. The zero-order valence-electron chi connectivity index (χ0n) is 15.5. The van der Waals surface area contributed by atoms with Crippen LogP contribution < -0.4 is 11.1 Å². The molecule has 1 aromatic rings. The van der Waals surface area contributed by atoms with Crippen LogP contribution in [0.5, 0.6) is 0 Å². The molecule has 1 aliphatic carbocycles. The highest BCUT2D eigenvalue weighted by Crippen LogP contribution is 2.46. The second-order valence-electron chi connectivity index (χ2n) is 7.82. The summed E-state index contributed by atoms with van der Waals surface area (Å²) in [5, 5.41) is 13.6. The molecular weight excluding hydrogens is 316 g/mol. The number of aliphatic hydroxyl groups is 1. The van der Waals surface area contributed by atoms with Crippen molar-refractivity contribution in [2.45, 2.75) is 58.2 Å². The summed E-state index contributed by atoms with van der Waals surface area (Å²) in [4.78, 5) is 24.6. The maximum absolute atomic E-state index is 12.3. The molecule has 0 heterocycles. The van der Waals surface area contributed by atoms with Gasteiger partial charge in [-0.1, -0.05) is 58.0 Å². The molecule has 5 heteroatoms. The number of hydrogen-bond donors (Lipinski definition) is 3. The van der Waals surface area contributed by atoms with Gasteiger partial charge in [0.25, 0.3) is 0 Å². The van der Waals surface area contributed by atoms with Gasteiger partial charge in [-0.15, -0.1) is 0 Å². The third-order valence-corrected chi connectivity index (χ3v) is 4.87. The Kier molecular flexibility index (Phi) is 6.36. The van der Waals surface area contributed by atoms with E-state index in [1.54, 1.807) is 0 Å². The number of aliphatic hydroxyl groups excluding tert-OH is 1. The van der Waals surface area contributed by atoms with Gasteiger partial charge in [0.1, 0.15) is 5.78 Å². The van der Waals surface area contributed by atoms with Crippen LogP contribution in [0.3, 0.4) is 0 Å². The number of amides is 1. The maximum atomic E-state index is 12.3. The molecule has 1 saturated carbocycles. The van der Waals surface area contributed by atoms with Crippen molar-refractivity contribution >= 4 is 11.7 Å². The molecule has 1 aromatic carbocycles. The number of carbonyl (C=O) groups is 2. The van der Waals surface area contributed by atoms with E-state index in [4.69, 9.17) is 5.73 Å². The summed E-state index contributed by atoms with van der Waals surface area (Å²) < 4.78 is 0. The molecule has 2 rings (SSSR count). The van der Waals surface area contributed by atoms with Crippen LogP contribution in [-0.4, -0.2) is 35.0 Å². The molecule has 0 radical (unpaired) electrons. The Morgan fingerprint density at radius 1 is 1.20 bits per heavy atom. The van der Waals surface area contributed by atoms with Crippen LogP contribution in [0.25, 0.3) is 0 Å². The Bertz CT molecular complexity index is 600. The summed E-state index contributed by atoms with van der Waals surface area (Å²) >= 11 is 0. The van der Waals surface area contributed by atoms with Gasteiger partial charge in [0.2, 0.25) is 5.91 Å². The standard InChI is InChI=1S/C20H30N2O3/c1-11(2)10-14(21)20(25)22-17(12(3)4)19(24)16-15(18(16)23)13-8-6-5-7-9-13/h5-9,11-12,14-17,19,24H,10,21H2,1-4H3,(H,22,25)/t14-,15?,16?,17-,19-/m0/s1. The minimum absolute atomic E-state index is 0.00461. The van der Waals surface area contributed by atoms with Gasteiger partial charge in [-0.05, 0) is 23.8 Å². The third kappa shape index (κ3) is 4.67. The first-order chi connectivity index (χ1) is 11.7. The Morgan fingerprint density at radius 2 is 1.80 bits per heavy atom. The molecule has 4 N–H and O–H groups in total. The first-order valence-electron chi connectivity index (χ1n) is 9.06. The Labute approximate surface area is 150 Å². The van der Waals surface area contributed by atoms with E-state index < -0.39 is 24.1 Å². The number of nitrogens with one attached hydrogen (secondary N) is 1. The molecule has 0 aliphatic heterocycles. The first kappa shape index (κ1) is 19.6. The van der Waals surface area contributed by atoms with Crippen molar-refractivity contribution in [3.05, 3.63) is 35.9 Å². The number of benzene rings is 1. The average Bonchev–Trinajstić information content (AvgIpc) is 3.22. The van der Waals surface area contributed by atoms with Crippen molar-refractivity contribution in [2.24, 2.45) is 23.5 Å². The highest BCUT2D eigenvalue weighted by molar-refractivity contribution is 6.05. The Morgan fingerprint density at radius 3 is 2.32 bits per heavy atom. The quantitative estimate of drug-likeness (QED) is 0.670. The molecule has 1 fully saturated rings. The van der Waals surface area contributed by atoms with Crippen molar-refractivity contribution in [1.29, 1.82) is 0 Å². The molecule has 5 atom stereocenters. The van der Waals surface area contributed by atoms with Gasteiger partial charge < -0.3 is 16.2 Å². The maximum Gasteiger partial charge on any atom is 0.237 e. The van der Waals surface area contributed by atoms with Gasteiger partial charge in [0, 0.05) is 0 Å². The molecule has 2 unspecified atom stereocenters. The number of Topliss-reactive ketones (excluding diaryl/α,β-unsaturated/α-hetero) is 1. The van der Waals surface area contributed by atoms with Crippen molar-refractivity contribution in [3.8, 4) is 0 Å². The normalized spacial score (nSPS) is 23.4. The van der Waals surface area contributed by atoms with E-state index in [9.17, 15) is 14.7 Å². The predicted molar refractivity (Wildman–Crippen MR) is 97.9 cm³/mol. The predicted octanol–water partition coefficient (Wildman–Crippen LogP) is 1.84. The summed E-state index contributed by atoms with van der Waals surface area (Å²) in [6.45, 7) is 7.86. The zero-order valence-corrected chi connectivity index (χ0v) is 15.5. The molecular formula is C20H30N2O3. The van der Waals surface area contributed by atoms with Gasteiger partial charge in [-0.2, -0.15) is 0 Å². The second-order valence-corrected chi connectivity index (χ2v) is 7.82. The molecule has 138 valence electrons. The van der Waals surface area contributed by atoms with E-state index >= 15 is 0 Å². The zero-order chi connectivity index (χ0) is 18.7. The molecule has 1 amide bonds. The molecule has 0 aromatic heterocycles. The Balaban J connectivity index is 2.05. The van der Waals surface area contributed by atoms with E-state index in [0.29, 0.717) is 12.3 Å². The van der Waals surface area contributed by atoms with E-state index in [0.717, 1.165) is 5.56 Å². The fraction of sp³-hybridized carbons (Fsp3) is 0.600. The smallest absolute Gasteiger partial charge is 0.237 e. The lowest BCUT2D eigenvalue weighted by Crippen LogP contribution is -2.53. The summed E-state index contributed by atoms with van der Waals surface area (Å²) in [6.07, 6.45) is -0.324. The van der Waals surface area contributed by atoms with Gasteiger partial charge in [0.15, 0.2) is 0 Å². The molecule has 5 nitrogen and oxygen atoms in total. The number of carbonyl (C=O) groups excluding carboxylic acids is 2. The van der Waals surface area contributed by atoms with E-state index in [1.165, 1.54) is 0 Å². The topological polar surface area (TPSA) is 92.4 Å². The molecule has 0 saturated heterocycles. The van der Waals surface area contributed by atoms with Gasteiger partial charge in [-0.3, -0.25) is 9.59 Å². The number of rotatable bonds is 8. The van der Waals surface area contributed by atoms with Crippen molar-refractivity contribution in [1.82, 2.24) is 5.32 Å². The van der Waals surface area contributed by atoms with E-state index in [2.05, 4.69) is 5.32 Å². The van der Waals surface area contributed by atoms with Crippen LogP contribution in [0.1, 0.15) is 45.6 Å². The number of nitrogens with two attached hydrogens (primary N) is 1. The summed E-state index contributed by atoms with van der Waals surface area (Å²) in [6, 6.07) is 8.37. The summed E-state index contributed by atoms with van der Waals surface area (Å²) in [5.41, 5.74) is 6.86. The lowest BCUT2D eigenvalue weighted by Gasteiger charge is -2.29. The second kappa shape index (κ2) is 8.11. The SMILES string of the molecule is CC(C)C[C@H](N)C(=O)N[C@@H](C(C)C)[C@@H](O)C1C(=O)C1c1ccccc1. The van der Waals surface area contributed by atoms with Crippen LogP contribution >= 0.6 is 0 Å². The van der Waals surface area contributed by atoms with Crippen LogP contribution in [0.2, 0.25) is 0 Å². The minimum Gasteiger partial charge on any atom is -0.390 e. The molecule has 0 spiro atoms. The van der Waals surface area contributed by atoms with Crippen LogP contribution in [0, 0.1) is 17.8 Å². The lowest BCUT2D eigenvalue weighted by molar-refractivity contribution is -0.125. The highest BCUT2D eigenvalue weighted by Gasteiger charge is 2.56. The monoisotopic (exact) mass is 346 g/mol. The summed E-state index contributed by atoms with van der Waals surface area (Å²) in [7, 11) is 0. The Hall–Kier alpha value is -1.72. The van der Waals surface area contributed by atoms with E-state index in [1.807, 2.05) is 58.0 Å². The van der Waals surface area contributed by atoms with Crippen molar-refractivity contribution in [3.63, 3.8) is 0 Å². The van der Waals surface area contributed by atoms with Crippen LogP contribution in [0.4, 0.5) is 0 Å². The van der Waals surface area contributed by atoms with Crippen LogP contribution in [0.15, 0.2) is 30.3 Å². The molecule has 0 bridgehead atoms. The van der Waals surface area contributed by atoms with Gasteiger partial charge >= 0.3 is 0 Å². The largest absolute Gasteiger partial charge is 0.390 e. The van der Waals surface area contributed by atoms with Gasteiger partial charge in [0.05, 0.1) is 30.0 Å². The fourth-order valence-corrected chi connectivity index (χ4v) is 3.41. The average molecular weight is 346 g/mol. The highest BCUT2D eigenvalue weighted by atomic mass is 16.3. The first-order valence-corrected chi connectivity index (χ1v) is 9.06.